The molecule has 1 atom stereocenters. The topological polar surface area (TPSA) is 70.4 Å². The summed E-state index contributed by atoms with van der Waals surface area (Å²) in [7, 11) is 1.55. The van der Waals surface area contributed by atoms with Gasteiger partial charge in [-0.25, -0.2) is 9.78 Å². The van der Waals surface area contributed by atoms with E-state index in [9.17, 15) is 9.59 Å². The standard InChI is InChI=1S/C20H23ClN2O4/c1-6-27-19(25)13-10-23-14(8-15(13)24)17-12(9-20(23,4)11(2)3)7-16(26-5)18(21)22-17/h7-8,10-11H,6,9H2,1-5H3. The van der Waals surface area contributed by atoms with E-state index in [1.54, 1.807) is 20.2 Å². The zero-order valence-electron chi connectivity index (χ0n) is 16.1. The smallest absolute Gasteiger partial charge is 0.343 e. The maximum atomic E-state index is 12.6. The molecule has 0 bridgehead atoms. The number of carbonyl (C=O) groups is 1. The van der Waals surface area contributed by atoms with Gasteiger partial charge in [0, 0.05) is 17.8 Å². The van der Waals surface area contributed by atoms with E-state index >= 15 is 0 Å². The Morgan fingerprint density at radius 3 is 2.70 bits per heavy atom. The molecule has 0 aliphatic carbocycles. The Morgan fingerprint density at radius 1 is 1.41 bits per heavy atom. The first-order valence-electron chi connectivity index (χ1n) is 8.91. The van der Waals surface area contributed by atoms with Crippen LogP contribution in [0.1, 0.15) is 43.6 Å². The molecule has 0 aromatic carbocycles. The third-order valence-electron chi connectivity index (χ3n) is 5.37. The van der Waals surface area contributed by atoms with Crippen LogP contribution in [-0.2, 0) is 16.7 Å². The van der Waals surface area contributed by atoms with Crippen molar-refractivity contribution in [3.63, 3.8) is 0 Å². The predicted molar refractivity (Wildman–Crippen MR) is 104 cm³/mol. The van der Waals surface area contributed by atoms with Gasteiger partial charge in [0.15, 0.2) is 16.3 Å². The number of carbonyl (C=O) groups excluding carboxylic acids is 1. The summed E-state index contributed by atoms with van der Waals surface area (Å²) >= 11 is 6.23. The molecule has 3 heterocycles. The maximum absolute atomic E-state index is 12.6. The van der Waals surface area contributed by atoms with Gasteiger partial charge < -0.3 is 14.0 Å². The second-order valence-electron chi connectivity index (χ2n) is 7.20. The second-order valence-corrected chi connectivity index (χ2v) is 7.56. The molecule has 0 fully saturated rings. The van der Waals surface area contributed by atoms with Crippen LogP contribution >= 0.6 is 11.6 Å². The van der Waals surface area contributed by atoms with Gasteiger partial charge in [-0.05, 0) is 37.8 Å². The lowest BCUT2D eigenvalue weighted by Crippen LogP contribution is -2.43. The fraction of sp³-hybridized carbons (Fsp3) is 0.450. The first-order valence-corrected chi connectivity index (χ1v) is 9.28. The van der Waals surface area contributed by atoms with Gasteiger partial charge in [-0.3, -0.25) is 4.79 Å². The monoisotopic (exact) mass is 390 g/mol. The summed E-state index contributed by atoms with van der Waals surface area (Å²) in [5.74, 6) is 0.111. The van der Waals surface area contributed by atoms with Crippen molar-refractivity contribution in [3.05, 3.63) is 44.8 Å². The second kappa shape index (κ2) is 7.00. The Hall–Kier alpha value is -2.34. The van der Waals surface area contributed by atoms with Crippen LogP contribution in [0.25, 0.3) is 11.4 Å². The highest BCUT2D eigenvalue weighted by atomic mass is 35.5. The molecule has 0 saturated heterocycles. The number of rotatable bonds is 4. The first-order chi connectivity index (χ1) is 12.7. The molecule has 1 unspecified atom stereocenters. The largest absolute Gasteiger partial charge is 0.494 e. The lowest BCUT2D eigenvalue weighted by atomic mass is 9.78. The highest BCUT2D eigenvalue weighted by Gasteiger charge is 2.38. The van der Waals surface area contributed by atoms with Crippen molar-refractivity contribution < 1.29 is 14.3 Å². The molecule has 7 heteroatoms. The summed E-state index contributed by atoms with van der Waals surface area (Å²) in [4.78, 5) is 29.3. The number of hydrogen-bond donors (Lipinski definition) is 0. The number of methoxy groups -OCH3 is 1. The van der Waals surface area contributed by atoms with Crippen LogP contribution in [0, 0.1) is 5.92 Å². The van der Waals surface area contributed by atoms with Crippen LogP contribution in [0.3, 0.4) is 0 Å². The third kappa shape index (κ3) is 3.12. The molecule has 0 N–H and O–H groups in total. The number of halogens is 1. The zero-order valence-corrected chi connectivity index (χ0v) is 16.9. The molecule has 2 aromatic rings. The van der Waals surface area contributed by atoms with Gasteiger partial charge in [-0.1, -0.05) is 25.4 Å². The molecule has 27 heavy (non-hydrogen) atoms. The molecule has 0 spiro atoms. The van der Waals surface area contributed by atoms with E-state index < -0.39 is 11.4 Å². The number of pyridine rings is 2. The summed E-state index contributed by atoms with van der Waals surface area (Å²) in [6.45, 7) is 8.24. The molecule has 0 amide bonds. The van der Waals surface area contributed by atoms with Crippen LogP contribution in [0.5, 0.6) is 5.75 Å². The molecule has 3 rings (SSSR count). The average molecular weight is 391 g/mol. The van der Waals surface area contributed by atoms with Crippen LogP contribution in [0.2, 0.25) is 5.15 Å². The minimum absolute atomic E-state index is 0.0236. The lowest BCUT2D eigenvalue weighted by molar-refractivity contribution is 0.0522. The Labute approximate surface area is 163 Å². The molecule has 1 aliphatic rings. The van der Waals surface area contributed by atoms with Crippen molar-refractivity contribution in [2.75, 3.05) is 13.7 Å². The van der Waals surface area contributed by atoms with Gasteiger partial charge in [-0.15, -0.1) is 0 Å². The van der Waals surface area contributed by atoms with Crippen LogP contribution in [0.15, 0.2) is 23.1 Å². The fourth-order valence-corrected chi connectivity index (χ4v) is 3.68. The molecule has 2 aromatic heterocycles. The molecule has 6 nitrogen and oxygen atoms in total. The summed E-state index contributed by atoms with van der Waals surface area (Å²) in [6.07, 6.45) is 2.26. The van der Waals surface area contributed by atoms with E-state index in [-0.39, 0.29) is 28.8 Å². The van der Waals surface area contributed by atoms with Gasteiger partial charge in [0.05, 0.1) is 25.1 Å². The summed E-state index contributed by atoms with van der Waals surface area (Å²) in [5, 5.41) is 0.234. The highest BCUT2D eigenvalue weighted by Crippen LogP contribution is 2.42. The Kier molecular flexibility index (Phi) is 5.04. The first kappa shape index (κ1) is 19.4. The molecule has 0 saturated carbocycles. The summed E-state index contributed by atoms with van der Waals surface area (Å²) < 4.78 is 12.3. The summed E-state index contributed by atoms with van der Waals surface area (Å²) in [6, 6.07) is 3.32. The molecule has 0 radical (unpaired) electrons. The van der Waals surface area contributed by atoms with E-state index in [0.717, 1.165) is 5.56 Å². The van der Waals surface area contributed by atoms with Crippen molar-refractivity contribution in [3.8, 4) is 17.1 Å². The number of fused-ring (bicyclic) bond motifs is 3. The van der Waals surface area contributed by atoms with Crippen molar-refractivity contribution in [1.29, 1.82) is 0 Å². The molecular weight excluding hydrogens is 368 g/mol. The molecule has 144 valence electrons. The molecule has 1 aliphatic heterocycles. The minimum atomic E-state index is -0.615. The van der Waals surface area contributed by atoms with Gasteiger partial charge in [-0.2, -0.15) is 0 Å². The van der Waals surface area contributed by atoms with E-state index in [1.807, 2.05) is 10.6 Å². The fourth-order valence-electron chi connectivity index (χ4n) is 3.46. The van der Waals surface area contributed by atoms with E-state index in [2.05, 4.69) is 25.8 Å². The van der Waals surface area contributed by atoms with Crippen LogP contribution in [-0.4, -0.2) is 29.2 Å². The van der Waals surface area contributed by atoms with Crippen LogP contribution in [0.4, 0.5) is 0 Å². The number of ether oxygens (including phenoxy) is 2. The van der Waals surface area contributed by atoms with E-state index in [0.29, 0.717) is 23.6 Å². The van der Waals surface area contributed by atoms with Crippen molar-refractivity contribution in [2.24, 2.45) is 5.92 Å². The number of aromatic nitrogens is 2. The Bertz CT molecular complexity index is 967. The Morgan fingerprint density at radius 2 is 2.11 bits per heavy atom. The number of hydrogen-bond acceptors (Lipinski definition) is 5. The van der Waals surface area contributed by atoms with E-state index in [4.69, 9.17) is 21.1 Å². The summed E-state index contributed by atoms with van der Waals surface area (Å²) in [5.41, 5.74) is 1.48. The maximum Gasteiger partial charge on any atom is 0.343 e. The van der Waals surface area contributed by atoms with Gasteiger partial charge in [0.1, 0.15) is 5.56 Å². The van der Waals surface area contributed by atoms with Crippen molar-refractivity contribution in [2.45, 2.75) is 39.7 Å². The quantitative estimate of drug-likeness (QED) is 0.588. The third-order valence-corrected chi connectivity index (χ3v) is 5.64. The highest BCUT2D eigenvalue weighted by molar-refractivity contribution is 6.31. The minimum Gasteiger partial charge on any atom is -0.494 e. The predicted octanol–water partition coefficient (Wildman–Crippen LogP) is 3.68. The van der Waals surface area contributed by atoms with E-state index in [1.165, 1.54) is 6.07 Å². The Balaban J connectivity index is 2.31. The SMILES string of the molecule is CCOC(=O)c1cn2c(cc1=O)-c1nc(Cl)c(OC)cc1CC2(C)C(C)C. The average Bonchev–Trinajstić information content (AvgIpc) is 2.61. The van der Waals surface area contributed by atoms with Gasteiger partial charge in [0.25, 0.3) is 0 Å². The van der Waals surface area contributed by atoms with Crippen molar-refractivity contribution in [1.82, 2.24) is 9.55 Å². The molecular formula is C20H23ClN2O4. The number of esters is 1. The van der Waals surface area contributed by atoms with Crippen LogP contribution < -0.4 is 10.2 Å². The number of nitrogens with zero attached hydrogens (tertiary/aromatic N) is 2. The van der Waals surface area contributed by atoms with Gasteiger partial charge in [0.2, 0.25) is 0 Å². The van der Waals surface area contributed by atoms with Crippen molar-refractivity contribution >= 4 is 17.6 Å². The lowest BCUT2D eigenvalue weighted by Gasteiger charge is -2.42. The van der Waals surface area contributed by atoms with Gasteiger partial charge >= 0.3 is 5.97 Å². The normalized spacial score (nSPS) is 18.0. The zero-order chi connectivity index (χ0) is 19.9.